The Labute approximate surface area is 90.9 Å². The molecule has 0 atom stereocenters. The van der Waals surface area contributed by atoms with Gasteiger partial charge in [0.15, 0.2) is 0 Å². The van der Waals surface area contributed by atoms with Crippen LogP contribution in [0.4, 0.5) is 0 Å². The van der Waals surface area contributed by atoms with Gasteiger partial charge in [0.05, 0.1) is 11.7 Å². The summed E-state index contributed by atoms with van der Waals surface area (Å²) in [5, 5.41) is 8.15. The van der Waals surface area contributed by atoms with Gasteiger partial charge in [-0.25, -0.2) is 0 Å². The molecule has 1 heterocycles. The maximum absolute atomic E-state index is 4.00. The van der Waals surface area contributed by atoms with Gasteiger partial charge >= 0.3 is 0 Å². The van der Waals surface area contributed by atoms with E-state index in [-0.39, 0.29) is 3.42 Å². The standard InChI is InChI=1S/C10H11IN2/c1-10(2,11)8-4-3-7-6-12-13-9(7)5-8/h3-6H,1-2H3,(H,12,13). The molecule has 0 aliphatic rings. The van der Waals surface area contributed by atoms with Crippen LogP contribution in [0.15, 0.2) is 24.4 Å². The molecule has 1 aromatic carbocycles. The number of H-pyrrole nitrogens is 1. The number of aromatic amines is 1. The maximum Gasteiger partial charge on any atom is 0.0653 e. The number of hydrogen-bond donors (Lipinski definition) is 1. The van der Waals surface area contributed by atoms with Crippen LogP contribution in [0, 0.1) is 0 Å². The van der Waals surface area contributed by atoms with Gasteiger partial charge in [-0.05, 0) is 25.5 Å². The van der Waals surface area contributed by atoms with Gasteiger partial charge in [0.25, 0.3) is 0 Å². The summed E-state index contributed by atoms with van der Waals surface area (Å²) >= 11 is 2.44. The molecule has 2 rings (SSSR count). The van der Waals surface area contributed by atoms with Crippen LogP contribution >= 0.6 is 22.6 Å². The molecule has 13 heavy (non-hydrogen) atoms. The molecule has 0 spiro atoms. The highest BCUT2D eigenvalue weighted by Gasteiger charge is 2.15. The summed E-state index contributed by atoms with van der Waals surface area (Å²) in [5.41, 5.74) is 2.44. The zero-order chi connectivity index (χ0) is 9.47. The molecule has 0 saturated heterocycles. The first-order valence-electron chi connectivity index (χ1n) is 4.20. The molecule has 0 amide bonds. The summed E-state index contributed by atoms with van der Waals surface area (Å²) in [4.78, 5) is 0. The lowest BCUT2D eigenvalue weighted by Gasteiger charge is -2.16. The predicted octanol–water partition coefficient (Wildman–Crippen LogP) is 3.23. The van der Waals surface area contributed by atoms with Crippen molar-refractivity contribution in [3.05, 3.63) is 30.0 Å². The van der Waals surface area contributed by atoms with Gasteiger partial charge in [0, 0.05) is 8.81 Å². The first-order chi connectivity index (χ1) is 6.07. The first-order valence-corrected chi connectivity index (χ1v) is 5.28. The van der Waals surface area contributed by atoms with Crippen LogP contribution in [0.25, 0.3) is 10.9 Å². The minimum Gasteiger partial charge on any atom is -0.278 e. The Morgan fingerprint density at radius 3 is 2.85 bits per heavy atom. The SMILES string of the molecule is CC(C)(I)c1ccc2cn[nH]c2c1. The molecular weight excluding hydrogens is 275 g/mol. The summed E-state index contributed by atoms with van der Waals surface area (Å²) in [7, 11) is 0. The third-order valence-electron chi connectivity index (χ3n) is 2.13. The second-order valence-corrected chi connectivity index (χ2v) is 6.34. The number of nitrogens with zero attached hydrogens (tertiary/aromatic N) is 1. The van der Waals surface area contributed by atoms with Crippen LogP contribution < -0.4 is 0 Å². The van der Waals surface area contributed by atoms with E-state index in [4.69, 9.17) is 0 Å². The summed E-state index contributed by atoms with van der Waals surface area (Å²) in [6.07, 6.45) is 1.85. The van der Waals surface area contributed by atoms with Gasteiger partial charge in [-0.3, -0.25) is 5.10 Å². The number of hydrogen-bond acceptors (Lipinski definition) is 1. The van der Waals surface area contributed by atoms with Crippen molar-refractivity contribution in [2.75, 3.05) is 0 Å². The van der Waals surface area contributed by atoms with E-state index in [0.717, 1.165) is 5.52 Å². The first kappa shape index (κ1) is 8.99. The van der Waals surface area contributed by atoms with E-state index in [2.05, 4.69) is 64.8 Å². The molecule has 2 nitrogen and oxygen atoms in total. The summed E-state index contributed by atoms with van der Waals surface area (Å²) in [6.45, 7) is 4.40. The van der Waals surface area contributed by atoms with Crippen molar-refractivity contribution in [1.29, 1.82) is 0 Å². The lowest BCUT2D eigenvalue weighted by Crippen LogP contribution is -2.05. The maximum atomic E-state index is 4.00. The number of alkyl halides is 1. The Morgan fingerprint density at radius 2 is 2.15 bits per heavy atom. The van der Waals surface area contributed by atoms with E-state index in [0.29, 0.717) is 0 Å². The van der Waals surface area contributed by atoms with Gasteiger partial charge in [-0.15, -0.1) is 0 Å². The third kappa shape index (κ3) is 1.70. The summed E-state index contributed by atoms with van der Waals surface area (Å²) < 4.78 is 0.178. The van der Waals surface area contributed by atoms with Crippen molar-refractivity contribution in [3.8, 4) is 0 Å². The quantitative estimate of drug-likeness (QED) is 0.632. The Hall–Kier alpha value is -0.580. The molecule has 0 saturated carbocycles. The molecule has 1 aromatic heterocycles. The lowest BCUT2D eigenvalue weighted by atomic mass is 10.0. The van der Waals surface area contributed by atoms with Gasteiger partial charge in [0.1, 0.15) is 0 Å². The van der Waals surface area contributed by atoms with E-state index in [1.807, 2.05) is 6.20 Å². The van der Waals surface area contributed by atoms with Crippen LogP contribution in [0.2, 0.25) is 0 Å². The summed E-state index contributed by atoms with van der Waals surface area (Å²) in [6, 6.07) is 6.42. The molecule has 2 aromatic rings. The predicted molar refractivity (Wildman–Crippen MR) is 63.1 cm³/mol. The zero-order valence-corrected chi connectivity index (χ0v) is 9.79. The molecule has 0 bridgehead atoms. The van der Waals surface area contributed by atoms with Crippen molar-refractivity contribution in [2.24, 2.45) is 0 Å². The van der Waals surface area contributed by atoms with Crippen LogP contribution in [0.5, 0.6) is 0 Å². The number of halogens is 1. The van der Waals surface area contributed by atoms with Crippen LogP contribution in [-0.2, 0) is 3.42 Å². The number of rotatable bonds is 1. The minimum atomic E-state index is 0.178. The average molecular weight is 286 g/mol. The molecular formula is C10H11IN2. The fourth-order valence-corrected chi connectivity index (χ4v) is 1.64. The Bertz CT molecular complexity index is 426. The van der Waals surface area contributed by atoms with Gasteiger partial charge < -0.3 is 0 Å². The normalized spacial score (nSPS) is 12.2. The molecule has 1 N–H and O–H groups in total. The van der Waals surface area contributed by atoms with Crippen LogP contribution in [0.3, 0.4) is 0 Å². The monoisotopic (exact) mass is 286 g/mol. The highest BCUT2D eigenvalue weighted by molar-refractivity contribution is 14.1. The van der Waals surface area contributed by atoms with E-state index in [1.54, 1.807) is 0 Å². The van der Waals surface area contributed by atoms with Crippen molar-refractivity contribution in [1.82, 2.24) is 10.2 Å². The second-order valence-electron chi connectivity index (χ2n) is 3.64. The van der Waals surface area contributed by atoms with Crippen molar-refractivity contribution in [3.63, 3.8) is 0 Å². The zero-order valence-electron chi connectivity index (χ0n) is 7.63. The highest BCUT2D eigenvalue weighted by Crippen LogP contribution is 2.31. The molecule has 68 valence electrons. The lowest BCUT2D eigenvalue weighted by molar-refractivity contribution is 0.828. The number of benzene rings is 1. The Balaban J connectivity index is 2.61. The number of aromatic nitrogens is 2. The van der Waals surface area contributed by atoms with E-state index in [9.17, 15) is 0 Å². The molecule has 3 heteroatoms. The number of nitrogens with one attached hydrogen (secondary N) is 1. The molecule has 0 aliphatic heterocycles. The van der Waals surface area contributed by atoms with Crippen molar-refractivity contribution < 1.29 is 0 Å². The topological polar surface area (TPSA) is 28.7 Å². The van der Waals surface area contributed by atoms with Gasteiger partial charge in [0.2, 0.25) is 0 Å². The highest BCUT2D eigenvalue weighted by atomic mass is 127. The number of fused-ring (bicyclic) bond motifs is 1. The van der Waals surface area contributed by atoms with E-state index < -0.39 is 0 Å². The van der Waals surface area contributed by atoms with Crippen molar-refractivity contribution in [2.45, 2.75) is 17.3 Å². The average Bonchev–Trinajstić information content (AvgIpc) is 2.47. The molecule has 0 unspecified atom stereocenters. The Kier molecular flexibility index (Phi) is 2.06. The third-order valence-corrected chi connectivity index (χ3v) is 2.75. The van der Waals surface area contributed by atoms with Crippen LogP contribution in [0.1, 0.15) is 19.4 Å². The molecule has 0 aliphatic carbocycles. The van der Waals surface area contributed by atoms with Crippen LogP contribution in [-0.4, -0.2) is 10.2 Å². The van der Waals surface area contributed by atoms with Gasteiger partial charge in [-0.1, -0.05) is 34.7 Å². The van der Waals surface area contributed by atoms with E-state index in [1.165, 1.54) is 10.9 Å². The summed E-state index contributed by atoms with van der Waals surface area (Å²) in [5.74, 6) is 0. The minimum absolute atomic E-state index is 0.178. The van der Waals surface area contributed by atoms with E-state index >= 15 is 0 Å². The largest absolute Gasteiger partial charge is 0.278 e. The smallest absolute Gasteiger partial charge is 0.0653 e. The molecule has 0 radical (unpaired) electrons. The Morgan fingerprint density at radius 1 is 1.38 bits per heavy atom. The molecule has 0 fully saturated rings. The fourth-order valence-electron chi connectivity index (χ4n) is 1.31. The van der Waals surface area contributed by atoms with Crippen molar-refractivity contribution >= 4 is 33.5 Å². The fraction of sp³-hybridized carbons (Fsp3) is 0.300. The second kappa shape index (κ2) is 2.97. The van der Waals surface area contributed by atoms with Gasteiger partial charge in [-0.2, -0.15) is 5.10 Å².